The summed E-state index contributed by atoms with van der Waals surface area (Å²) in [5, 5.41) is 20.2. The topological polar surface area (TPSA) is 94.9 Å². The van der Waals surface area contributed by atoms with Crippen LogP contribution in [-0.2, 0) is 14.4 Å². The van der Waals surface area contributed by atoms with E-state index in [0.29, 0.717) is 5.56 Å². The molecular formula is C16H17NO5S. The molecule has 6 nitrogen and oxygen atoms in total. The molecule has 0 saturated carbocycles. The van der Waals surface area contributed by atoms with Gasteiger partial charge in [-0.3, -0.25) is 9.59 Å². The molecule has 1 aliphatic heterocycles. The van der Waals surface area contributed by atoms with Crippen LogP contribution in [0.25, 0.3) is 0 Å². The third-order valence-corrected chi connectivity index (χ3v) is 4.49. The molecule has 1 aromatic carbocycles. The van der Waals surface area contributed by atoms with Gasteiger partial charge in [0.1, 0.15) is 6.04 Å². The molecule has 1 aliphatic rings. The fourth-order valence-electron chi connectivity index (χ4n) is 2.95. The molecule has 0 radical (unpaired) electrons. The first-order valence-electron chi connectivity index (χ1n) is 7.16. The summed E-state index contributed by atoms with van der Waals surface area (Å²) in [5.41, 5.74) is 0.605. The summed E-state index contributed by atoms with van der Waals surface area (Å²) in [6.07, 6.45) is -0.125. The zero-order valence-electron chi connectivity index (χ0n) is 12.5. The summed E-state index contributed by atoms with van der Waals surface area (Å²) in [6, 6.07) is 6.64. The van der Waals surface area contributed by atoms with Crippen LogP contribution >= 0.6 is 12.2 Å². The van der Waals surface area contributed by atoms with E-state index in [-0.39, 0.29) is 6.42 Å². The van der Waals surface area contributed by atoms with Gasteiger partial charge in [0.2, 0.25) is 5.91 Å². The number of carboxylic acid groups (broad SMARTS) is 2. The van der Waals surface area contributed by atoms with Crippen LogP contribution in [0.15, 0.2) is 30.3 Å². The minimum atomic E-state index is -1.21. The monoisotopic (exact) mass is 335 g/mol. The number of carboxylic acids is 2. The van der Waals surface area contributed by atoms with E-state index in [1.54, 1.807) is 37.3 Å². The van der Waals surface area contributed by atoms with E-state index in [1.807, 2.05) is 0 Å². The van der Waals surface area contributed by atoms with Gasteiger partial charge in [-0.25, -0.2) is 4.79 Å². The fourth-order valence-corrected chi connectivity index (χ4v) is 3.07. The van der Waals surface area contributed by atoms with Crippen LogP contribution in [0.5, 0.6) is 0 Å². The molecule has 1 aromatic rings. The van der Waals surface area contributed by atoms with Gasteiger partial charge in [0.15, 0.2) is 0 Å². The molecule has 7 heteroatoms. The third-order valence-electron chi connectivity index (χ3n) is 4.09. The van der Waals surface area contributed by atoms with Crippen LogP contribution in [-0.4, -0.2) is 44.4 Å². The Morgan fingerprint density at radius 3 is 2.30 bits per heavy atom. The van der Waals surface area contributed by atoms with Crippen LogP contribution in [0.1, 0.15) is 24.9 Å². The molecule has 122 valence electrons. The van der Waals surface area contributed by atoms with Crippen LogP contribution in [0, 0.1) is 11.8 Å². The van der Waals surface area contributed by atoms with Gasteiger partial charge in [-0.15, -0.1) is 0 Å². The van der Waals surface area contributed by atoms with Crippen molar-refractivity contribution in [3.63, 3.8) is 0 Å². The van der Waals surface area contributed by atoms with Crippen molar-refractivity contribution >= 4 is 35.4 Å². The maximum Gasteiger partial charge on any atom is 0.326 e. The molecule has 3 unspecified atom stereocenters. The molecule has 0 aliphatic carbocycles. The molecule has 0 bridgehead atoms. The van der Waals surface area contributed by atoms with Crippen LogP contribution < -0.4 is 0 Å². The molecule has 23 heavy (non-hydrogen) atoms. The standard InChI is InChI=1S/C16H17NO5S/c1-9(8-23)14(18)17-12(16(21)22)7-11(15(19)20)13(17)10-5-3-2-4-6-10/h2-6,8-9,11-13H,7H2,1H3,(H,19,20)(H,21,22)/t9-,11?,12?,13?/m1/s1. The maximum atomic E-state index is 12.6. The zero-order valence-corrected chi connectivity index (χ0v) is 13.3. The van der Waals surface area contributed by atoms with E-state index in [9.17, 15) is 24.6 Å². The van der Waals surface area contributed by atoms with E-state index in [0.717, 1.165) is 0 Å². The third kappa shape index (κ3) is 3.24. The van der Waals surface area contributed by atoms with Crippen molar-refractivity contribution in [2.75, 3.05) is 0 Å². The summed E-state index contributed by atoms with van der Waals surface area (Å²) in [7, 11) is 0. The number of thiocarbonyl (C=S) groups is 1. The molecule has 0 spiro atoms. The highest BCUT2D eigenvalue weighted by atomic mass is 32.1. The van der Waals surface area contributed by atoms with Crippen molar-refractivity contribution in [2.24, 2.45) is 11.8 Å². The van der Waals surface area contributed by atoms with E-state index < -0.39 is 41.8 Å². The molecular weight excluding hydrogens is 318 g/mol. The smallest absolute Gasteiger partial charge is 0.326 e. The van der Waals surface area contributed by atoms with Gasteiger partial charge in [-0.05, 0) is 24.3 Å². The lowest BCUT2D eigenvalue weighted by atomic mass is 9.93. The molecule has 2 N–H and O–H groups in total. The minimum Gasteiger partial charge on any atom is -0.481 e. The highest BCUT2D eigenvalue weighted by Crippen LogP contribution is 2.42. The number of rotatable bonds is 5. The lowest BCUT2D eigenvalue weighted by molar-refractivity contribution is -0.151. The quantitative estimate of drug-likeness (QED) is 0.796. The molecule has 1 fully saturated rings. The number of aliphatic carboxylic acids is 2. The number of carbonyl (C=O) groups is 3. The Labute approximate surface area is 138 Å². The first-order chi connectivity index (χ1) is 10.9. The second-order valence-electron chi connectivity index (χ2n) is 5.56. The number of amides is 1. The normalized spacial score (nSPS) is 24.9. The summed E-state index contributed by atoms with van der Waals surface area (Å²) in [6.45, 7) is 1.57. The molecule has 0 aromatic heterocycles. The van der Waals surface area contributed by atoms with Crippen molar-refractivity contribution in [3.8, 4) is 0 Å². The Hall–Kier alpha value is -2.28. The number of nitrogens with zero attached hydrogens (tertiary/aromatic N) is 1. The Balaban J connectivity index is 2.53. The largest absolute Gasteiger partial charge is 0.481 e. The molecule has 1 saturated heterocycles. The summed E-state index contributed by atoms with van der Waals surface area (Å²) < 4.78 is 0. The number of carbonyl (C=O) groups excluding carboxylic acids is 1. The maximum absolute atomic E-state index is 12.6. The summed E-state index contributed by atoms with van der Waals surface area (Å²) >= 11 is 4.79. The van der Waals surface area contributed by atoms with Gasteiger partial charge in [0, 0.05) is 0 Å². The molecule has 4 atom stereocenters. The lowest BCUT2D eigenvalue weighted by Crippen LogP contribution is -2.44. The van der Waals surface area contributed by atoms with Crippen LogP contribution in [0.2, 0.25) is 0 Å². The molecule has 2 rings (SSSR count). The second-order valence-corrected chi connectivity index (χ2v) is 5.83. The van der Waals surface area contributed by atoms with Gasteiger partial charge in [-0.2, -0.15) is 0 Å². The molecule has 1 amide bonds. The first-order valence-corrected chi connectivity index (χ1v) is 7.63. The highest BCUT2D eigenvalue weighted by molar-refractivity contribution is 7.79. The van der Waals surface area contributed by atoms with Gasteiger partial charge < -0.3 is 15.1 Å². The Morgan fingerprint density at radius 1 is 1.22 bits per heavy atom. The fraction of sp³-hybridized carbons (Fsp3) is 0.375. The van der Waals surface area contributed by atoms with E-state index in [4.69, 9.17) is 12.2 Å². The Bertz CT molecular complexity index is 633. The number of likely N-dealkylation sites (tertiary alicyclic amines) is 1. The summed E-state index contributed by atoms with van der Waals surface area (Å²) in [5.74, 6) is -4.43. The van der Waals surface area contributed by atoms with Crippen LogP contribution in [0.4, 0.5) is 0 Å². The lowest BCUT2D eigenvalue weighted by Gasteiger charge is -2.31. The number of benzene rings is 1. The highest BCUT2D eigenvalue weighted by Gasteiger charge is 2.51. The number of hydrogen-bond acceptors (Lipinski definition) is 4. The van der Waals surface area contributed by atoms with Crippen molar-refractivity contribution in [1.82, 2.24) is 4.90 Å². The van der Waals surface area contributed by atoms with Crippen molar-refractivity contribution in [1.29, 1.82) is 0 Å². The van der Waals surface area contributed by atoms with E-state index in [1.165, 1.54) is 10.3 Å². The van der Waals surface area contributed by atoms with Gasteiger partial charge in [-0.1, -0.05) is 42.5 Å². The predicted octanol–water partition coefficient (Wildman–Crippen LogP) is 1.75. The van der Waals surface area contributed by atoms with Gasteiger partial charge in [0.25, 0.3) is 0 Å². The van der Waals surface area contributed by atoms with Crippen LogP contribution in [0.3, 0.4) is 0 Å². The van der Waals surface area contributed by atoms with Crippen molar-refractivity contribution in [3.05, 3.63) is 35.9 Å². The minimum absolute atomic E-state index is 0.125. The Kier molecular flexibility index (Phi) is 5.10. The number of hydrogen-bond donors (Lipinski definition) is 2. The van der Waals surface area contributed by atoms with Gasteiger partial charge in [0.05, 0.1) is 17.9 Å². The first kappa shape index (κ1) is 17.1. The second kappa shape index (κ2) is 6.87. The van der Waals surface area contributed by atoms with E-state index in [2.05, 4.69) is 0 Å². The van der Waals surface area contributed by atoms with Crippen molar-refractivity contribution < 1.29 is 24.6 Å². The Morgan fingerprint density at radius 2 is 1.83 bits per heavy atom. The zero-order chi connectivity index (χ0) is 17.1. The van der Waals surface area contributed by atoms with E-state index >= 15 is 0 Å². The average Bonchev–Trinajstić information content (AvgIpc) is 2.95. The van der Waals surface area contributed by atoms with Gasteiger partial charge >= 0.3 is 11.9 Å². The predicted molar refractivity (Wildman–Crippen MR) is 86.0 cm³/mol. The average molecular weight is 335 g/mol. The SMILES string of the molecule is C[C@H](C=S)C(=O)N1C(C(=O)O)CC(C(=O)O)C1c1ccccc1. The molecule has 1 heterocycles. The summed E-state index contributed by atoms with van der Waals surface area (Å²) in [4.78, 5) is 36.9. The van der Waals surface area contributed by atoms with Crippen molar-refractivity contribution in [2.45, 2.75) is 25.4 Å².